The van der Waals surface area contributed by atoms with Crippen molar-refractivity contribution in [1.29, 1.82) is 0 Å². The molecule has 0 fully saturated rings. The molecule has 0 radical (unpaired) electrons. The fourth-order valence-electron chi connectivity index (χ4n) is 2.95. The summed E-state index contributed by atoms with van der Waals surface area (Å²) in [5.74, 6) is 0.867. The van der Waals surface area contributed by atoms with Gasteiger partial charge in [-0.05, 0) is 38.0 Å². The van der Waals surface area contributed by atoms with E-state index in [0.717, 1.165) is 5.56 Å². The molecule has 0 saturated carbocycles. The Morgan fingerprint density at radius 2 is 2.11 bits per heavy atom. The smallest absolute Gasteiger partial charge is 0.312 e. The number of fused-ring (bicyclic) bond motifs is 1. The third-order valence-electron chi connectivity index (χ3n) is 4.21. The largest absolute Gasteiger partial charge is 0.486 e. The minimum absolute atomic E-state index is 0.0614. The van der Waals surface area contributed by atoms with Gasteiger partial charge in [0, 0.05) is 6.54 Å². The van der Waals surface area contributed by atoms with Crippen molar-refractivity contribution in [1.82, 2.24) is 15.1 Å². The average molecular weight is 395 g/mol. The Kier molecular flexibility index (Phi) is 5.50. The maximum absolute atomic E-state index is 12.1. The first-order valence-corrected chi connectivity index (χ1v) is 8.77. The normalized spacial score (nSPS) is 12.7. The molecule has 0 spiro atoms. The molecule has 0 aliphatic carbocycles. The minimum Gasteiger partial charge on any atom is -0.486 e. The average Bonchev–Trinajstić information content (AvgIpc) is 2.88. The number of benzene rings is 1. The van der Waals surface area contributed by atoms with E-state index in [1.807, 2.05) is 6.07 Å². The molecule has 1 aliphatic rings. The molecule has 0 unspecified atom stereocenters. The highest BCUT2D eigenvalue weighted by atomic mass is 35.5. The highest BCUT2D eigenvalue weighted by molar-refractivity contribution is 6.32. The minimum atomic E-state index is -0.488. The number of aryl methyl sites for hydroxylation is 1. The Bertz CT molecular complexity index is 896. The number of nitro groups is 1. The van der Waals surface area contributed by atoms with Crippen molar-refractivity contribution in [3.63, 3.8) is 0 Å². The van der Waals surface area contributed by atoms with Crippen molar-refractivity contribution >= 4 is 23.2 Å². The van der Waals surface area contributed by atoms with Crippen molar-refractivity contribution in [2.45, 2.75) is 26.8 Å². The molecule has 1 aliphatic heterocycles. The summed E-state index contributed by atoms with van der Waals surface area (Å²) in [4.78, 5) is 22.7. The predicted molar refractivity (Wildman–Crippen MR) is 97.5 cm³/mol. The molecule has 0 saturated heterocycles. The second kappa shape index (κ2) is 7.83. The fraction of sp³-hybridized carbons (Fsp3) is 0.412. The van der Waals surface area contributed by atoms with Crippen molar-refractivity contribution in [3.05, 3.63) is 44.2 Å². The molecule has 1 aromatic carbocycles. The molecular formula is C17H19ClN4O5. The second-order valence-electron chi connectivity index (χ2n) is 6.14. The Labute approximate surface area is 160 Å². The van der Waals surface area contributed by atoms with Crippen molar-refractivity contribution in [2.24, 2.45) is 0 Å². The van der Waals surface area contributed by atoms with Gasteiger partial charge in [-0.3, -0.25) is 19.6 Å². The van der Waals surface area contributed by atoms with Crippen LogP contribution in [0.5, 0.6) is 11.5 Å². The molecule has 1 N–H and O–H groups in total. The van der Waals surface area contributed by atoms with Gasteiger partial charge >= 0.3 is 5.69 Å². The Morgan fingerprint density at radius 3 is 2.81 bits per heavy atom. The molecule has 1 aromatic heterocycles. The van der Waals surface area contributed by atoms with Gasteiger partial charge in [-0.25, -0.2) is 0 Å². The summed E-state index contributed by atoms with van der Waals surface area (Å²) < 4.78 is 12.3. The number of nitrogens with zero attached hydrogens (tertiary/aromatic N) is 3. The number of aromatic nitrogens is 2. The standard InChI is InChI=1S/C17H19ClN4O5/c1-10-16(22(24)25)11(2)21(20-10)9-15(23)19-4-3-12-7-13(18)17-14(8-12)26-5-6-27-17/h7-8H,3-6,9H2,1-2H3,(H,19,23). The van der Waals surface area contributed by atoms with Gasteiger partial charge in [0.2, 0.25) is 5.91 Å². The van der Waals surface area contributed by atoms with Crippen LogP contribution in [0, 0.1) is 24.0 Å². The number of hydrogen-bond acceptors (Lipinski definition) is 6. The molecular weight excluding hydrogens is 376 g/mol. The van der Waals surface area contributed by atoms with Gasteiger partial charge in [0.25, 0.3) is 0 Å². The summed E-state index contributed by atoms with van der Waals surface area (Å²) in [6, 6.07) is 3.63. The Balaban J connectivity index is 1.57. The van der Waals surface area contributed by atoms with Gasteiger partial charge in [-0.2, -0.15) is 5.10 Å². The van der Waals surface area contributed by atoms with Crippen molar-refractivity contribution < 1.29 is 19.2 Å². The van der Waals surface area contributed by atoms with E-state index in [-0.39, 0.29) is 23.8 Å². The van der Waals surface area contributed by atoms with Crippen LogP contribution in [0.1, 0.15) is 17.0 Å². The fourth-order valence-corrected chi connectivity index (χ4v) is 3.24. The molecule has 1 amide bonds. The molecule has 2 aromatic rings. The second-order valence-corrected chi connectivity index (χ2v) is 6.54. The number of rotatable bonds is 6. The molecule has 9 nitrogen and oxygen atoms in total. The first kappa shape index (κ1) is 19.0. The molecule has 144 valence electrons. The van der Waals surface area contributed by atoms with Crippen LogP contribution in [0.15, 0.2) is 12.1 Å². The van der Waals surface area contributed by atoms with Gasteiger partial charge in [0.15, 0.2) is 11.5 Å². The first-order chi connectivity index (χ1) is 12.9. The molecule has 0 atom stereocenters. The number of nitrogens with one attached hydrogen (secondary N) is 1. The van der Waals surface area contributed by atoms with Crippen LogP contribution in [0.25, 0.3) is 0 Å². The topological polar surface area (TPSA) is 109 Å². The lowest BCUT2D eigenvalue weighted by molar-refractivity contribution is -0.386. The van der Waals surface area contributed by atoms with E-state index in [0.29, 0.717) is 48.4 Å². The van der Waals surface area contributed by atoms with Crippen LogP contribution in [-0.2, 0) is 17.8 Å². The first-order valence-electron chi connectivity index (χ1n) is 8.40. The quantitative estimate of drug-likeness (QED) is 0.594. The highest BCUT2D eigenvalue weighted by Crippen LogP contribution is 2.38. The molecule has 2 heterocycles. The number of hydrogen-bond donors (Lipinski definition) is 1. The van der Waals surface area contributed by atoms with Crippen LogP contribution in [0.4, 0.5) is 5.69 Å². The number of carbonyl (C=O) groups excluding carboxylic acids is 1. The van der Waals surface area contributed by atoms with Gasteiger partial charge in [-0.15, -0.1) is 0 Å². The molecule has 0 bridgehead atoms. The van der Waals surface area contributed by atoms with E-state index in [2.05, 4.69) is 10.4 Å². The summed E-state index contributed by atoms with van der Waals surface area (Å²) in [5.41, 5.74) is 1.49. The van der Waals surface area contributed by atoms with E-state index < -0.39 is 4.92 Å². The zero-order valence-corrected chi connectivity index (χ0v) is 15.7. The number of amides is 1. The SMILES string of the molecule is Cc1nn(CC(=O)NCCc2cc(Cl)c3c(c2)OCCO3)c(C)c1[N+](=O)[O-]. The lowest BCUT2D eigenvalue weighted by Gasteiger charge is -2.20. The van der Waals surface area contributed by atoms with E-state index in [9.17, 15) is 14.9 Å². The van der Waals surface area contributed by atoms with E-state index >= 15 is 0 Å². The van der Waals surface area contributed by atoms with Crippen LogP contribution in [0.3, 0.4) is 0 Å². The van der Waals surface area contributed by atoms with Gasteiger partial charge in [0.05, 0.1) is 9.95 Å². The summed E-state index contributed by atoms with van der Waals surface area (Å²) in [6.07, 6.45) is 0.555. The summed E-state index contributed by atoms with van der Waals surface area (Å²) >= 11 is 6.20. The Hall–Kier alpha value is -2.81. The lowest BCUT2D eigenvalue weighted by Crippen LogP contribution is -2.30. The van der Waals surface area contributed by atoms with Crippen molar-refractivity contribution in [3.8, 4) is 11.5 Å². The molecule has 27 heavy (non-hydrogen) atoms. The third-order valence-corrected chi connectivity index (χ3v) is 4.49. The molecule has 10 heteroatoms. The molecule has 3 rings (SSSR count). The summed E-state index contributed by atoms with van der Waals surface area (Å²) in [6.45, 7) is 4.36. The van der Waals surface area contributed by atoms with E-state index in [1.54, 1.807) is 19.9 Å². The zero-order valence-electron chi connectivity index (χ0n) is 15.0. The van der Waals surface area contributed by atoms with Crippen LogP contribution in [0.2, 0.25) is 5.02 Å². The predicted octanol–water partition coefficient (Wildman–Crippen LogP) is 2.19. The van der Waals surface area contributed by atoms with E-state index in [4.69, 9.17) is 21.1 Å². The summed E-state index contributed by atoms with van der Waals surface area (Å²) in [7, 11) is 0. The van der Waals surface area contributed by atoms with Crippen LogP contribution in [-0.4, -0.2) is 40.4 Å². The zero-order chi connectivity index (χ0) is 19.6. The van der Waals surface area contributed by atoms with E-state index in [1.165, 1.54) is 4.68 Å². The van der Waals surface area contributed by atoms with Crippen LogP contribution >= 0.6 is 11.6 Å². The number of halogens is 1. The lowest BCUT2D eigenvalue weighted by atomic mass is 10.1. The highest BCUT2D eigenvalue weighted by Gasteiger charge is 2.22. The van der Waals surface area contributed by atoms with Gasteiger partial charge in [0.1, 0.15) is 31.1 Å². The number of ether oxygens (including phenoxy) is 2. The van der Waals surface area contributed by atoms with Gasteiger partial charge < -0.3 is 14.8 Å². The maximum Gasteiger partial charge on any atom is 0.312 e. The van der Waals surface area contributed by atoms with Gasteiger partial charge in [-0.1, -0.05) is 11.6 Å². The monoisotopic (exact) mass is 394 g/mol. The maximum atomic E-state index is 12.1. The number of carbonyl (C=O) groups is 1. The Morgan fingerprint density at radius 1 is 1.37 bits per heavy atom. The van der Waals surface area contributed by atoms with Crippen molar-refractivity contribution in [2.75, 3.05) is 19.8 Å². The van der Waals surface area contributed by atoms with Crippen LogP contribution < -0.4 is 14.8 Å². The summed E-state index contributed by atoms with van der Waals surface area (Å²) in [5, 5.41) is 18.3. The third kappa shape index (κ3) is 4.13.